The summed E-state index contributed by atoms with van der Waals surface area (Å²) < 4.78 is 0. The summed E-state index contributed by atoms with van der Waals surface area (Å²) in [4.78, 5) is 23.9. The van der Waals surface area contributed by atoms with Crippen molar-refractivity contribution in [2.24, 2.45) is 0 Å². The van der Waals surface area contributed by atoms with Crippen LogP contribution in [0.5, 0.6) is 0 Å². The zero-order valence-electron chi connectivity index (χ0n) is 12.1. The van der Waals surface area contributed by atoms with Crippen molar-refractivity contribution in [2.45, 2.75) is 11.3 Å². The summed E-state index contributed by atoms with van der Waals surface area (Å²) in [5.41, 5.74) is 6.68. The fourth-order valence-corrected chi connectivity index (χ4v) is 2.87. The molecule has 0 aliphatic rings. The summed E-state index contributed by atoms with van der Waals surface area (Å²) in [6.45, 7) is 0. The van der Waals surface area contributed by atoms with Gasteiger partial charge in [-0.1, -0.05) is 11.6 Å². The SMILES string of the molecule is Nc1ccc(SCCC(=O)Nc2ccc(Cl)c(C(=O)O)c2)cc1. The van der Waals surface area contributed by atoms with Crippen LogP contribution in [-0.4, -0.2) is 22.7 Å². The Morgan fingerprint density at radius 3 is 2.52 bits per heavy atom. The Hall–Kier alpha value is -2.18. The van der Waals surface area contributed by atoms with E-state index in [9.17, 15) is 9.59 Å². The second kappa shape index (κ2) is 7.89. The number of carboxylic acid groups (broad SMARTS) is 1. The second-order valence-electron chi connectivity index (χ2n) is 4.72. The molecule has 1 amide bonds. The molecule has 2 rings (SSSR count). The van der Waals surface area contributed by atoms with Crippen molar-refractivity contribution < 1.29 is 14.7 Å². The summed E-state index contributed by atoms with van der Waals surface area (Å²) in [5.74, 6) is -0.716. The van der Waals surface area contributed by atoms with Gasteiger partial charge in [0.25, 0.3) is 0 Å². The highest BCUT2D eigenvalue weighted by molar-refractivity contribution is 7.99. The van der Waals surface area contributed by atoms with Crippen molar-refractivity contribution in [2.75, 3.05) is 16.8 Å². The van der Waals surface area contributed by atoms with E-state index in [0.717, 1.165) is 4.90 Å². The predicted octanol–water partition coefficient (Wildman–Crippen LogP) is 3.74. The molecule has 0 radical (unpaired) electrons. The molecule has 0 unspecified atom stereocenters. The topological polar surface area (TPSA) is 92.4 Å². The van der Waals surface area contributed by atoms with E-state index in [4.69, 9.17) is 22.4 Å². The molecule has 0 aliphatic heterocycles. The quantitative estimate of drug-likeness (QED) is 0.545. The van der Waals surface area contributed by atoms with Gasteiger partial charge in [-0.25, -0.2) is 4.79 Å². The maximum atomic E-state index is 11.9. The monoisotopic (exact) mass is 350 g/mol. The third kappa shape index (κ3) is 5.19. The molecule has 0 bridgehead atoms. The van der Waals surface area contributed by atoms with Crippen molar-refractivity contribution >= 4 is 46.6 Å². The summed E-state index contributed by atoms with van der Waals surface area (Å²) in [6, 6.07) is 11.8. The van der Waals surface area contributed by atoms with E-state index in [2.05, 4.69) is 5.32 Å². The summed E-state index contributed by atoms with van der Waals surface area (Å²) >= 11 is 7.33. The highest BCUT2D eigenvalue weighted by Gasteiger charge is 2.11. The number of nitrogens with two attached hydrogens (primary N) is 1. The number of amides is 1. The number of hydrogen-bond acceptors (Lipinski definition) is 4. The van der Waals surface area contributed by atoms with Crippen LogP contribution in [0.2, 0.25) is 5.02 Å². The van der Waals surface area contributed by atoms with Gasteiger partial charge in [-0.15, -0.1) is 11.8 Å². The molecule has 2 aromatic carbocycles. The number of carbonyl (C=O) groups excluding carboxylic acids is 1. The van der Waals surface area contributed by atoms with Gasteiger partial charge in [0.1, 0.15) is 0 Å². The number of benzene rings is 2. The average molecular weight is 351 g/mol. The maximum Gasteiger partial charge on any atom is 0.337 e. The highest BCUT2D eigenvalue weighted by atomic mass is 35.5. The number of anilines is 2. The fraction of sp³-hybridized carbons (Fsp3) is 0.125. The fourth-order valence-electron chi connectivity index (χ4n) is 1.82. The molecule has 0 atom stereocenters. The van der Waals surface area contributed by atoms with E-state index in [1.807, 2.05) is 24.3 Å². The number of rotatable bonds is 6. The second-order valence-corrected chi connectivity index (χ2v) is 6.29. The Morgan fingerprint density at radius 2 is 1.87 bits per heavy atom. The molecular weight excluding hydrogens is 336 g/mol. The van der Waals surface area contributed by atoms with E-state index in [1.54, 1.807) is 17.8 Å². The van der Waals surface area contributed by atoms with E-state index in [0.29, 0.717) is 23.5 Å². The van der Waals surface area contributed by atoms with Gasteiger partial charge in [0, 0.05) is 28.4 Å². The molecule has 4 N–H and O–H groups in total. The Balaban J connectivity index is 1.86. The number of nitrogen functional groups attached to an aromatic ring is 1. The van der Waals surface area contributed by atoms with Crippen molar-refractivity contribution in [3.63, 3.8) is 0 Å². The van der Waals surface area contributed by atoms with Crippen LogP contribution in [0.25, 0.3) is 0 Å². The van der Waals surface area contributed by atoms with Gasteiger partial charge >= 0.3 is 5.97 Å². The smallest absolute Gasteiger partial charge is 0.337 e. The van der Waals surface area contributed by atoms with Crippen LogP contribution in [0, 0.1) is 0 Å². The first-order valence-electron chi connectivity index (χ1n) is 6.77. The van der Waals surface area contributed by atoms with E-state index < -0.39 is 5.97 Å². The number of nitrogens with one attached hydrogen (secondary N) is 1. The minimum absolute atomic E-state index is 0.0410. The van der Waals surface area contributed by atoms with Gasteiger partial charge in [0.2, 0.25) is 5.91 Å². The van der Waals surface area contributed by atoms with Gasteiger partial charge < -0.3 is 16.2 Å². The molecule has 0 fully saturated rings. The van der Waals surface area contributed by atoms with Crippen molar-refractivity contribution in [3.8, 4) is 0 Å². The lowest BCUT2D eigenvalue weighted by Crippen LogP contribution is -2.12. The first-order valence-corrected chi connectivity index (χ1v) is 8.13. The van der Waals surface area contributed by atoms with Crippen LogP contribution in [0.4, 0.5) is 11.4 Å². The molecule has 23 heavy (non-hydrogen) atoms. The first-order chi connectivity index (χ1) is 11.0. The first kappa shape index (κ1) is 17.2. The maximum absolute atomic E-state index is 11.9. The lowest BCUT2D eigenvalue weighted by Gasteiger charge is -2.07. The molecule has 7 heteroatoms. The minimum atomic E-state index is -1.13. The number of carboxylic acids is 1. The zero-order valence-corrected chi connectivity index (χ0v) is 13.7. The third-order valence-electron chi connectivity index (χ3n) is 2.96. The number of hydrogen-bond donors (Lipinski definition) is 3. The van der Waals surface area contributed by atoms with Crippen molar-refractivity contribution in [1.29, 1.82) is 0 Å². The molecule has 5 nitrogen and oxygen atoms in total. The number of halogens is 1. The molecule has 0 aliphatic carbocycles. The lowest BCUT2D eigenvalue weighted by atomic mass is 10.2. The highest BCUT2D eigenvalue weighted by Crippen LogP contribution is 2.22. The Kier molecular flexibility index (Phi) is 5.90. The number of aromatic carboxylic acids is 1. The molecule has 0 saturated carbocycles. The molecule has 120 valence electrons. The van der Waals surface area contributed by atoms with E-state index in [1.165, 1.54) is 12.1 Å². The summed E-state index contributed by atoms with van der Waals surface area (Å²) in [6.07, 6.45) is 0.306. The minimum Gasteiger partial charge on any atom is -0.478 e. The van der Waals surface area contributed by atoms with Gasteiger partial charge in [-0.3, -0.25) is 4.79 Å². The van der Waals surface area contributed by atoms with Gasteiger partial charge in [0.05, 0.1) is 10.6 Å². The molecule has 0 aromatic heterocycles. The van der Waals surface area contributed by atoms with Gasteiger partial charge in [-0.2, -0.15) is 0 Å². The van der Waals surface area contributed by atoms with Crippen LogP contribution in [0.15, 0.2) is 47.4 Å². The van der Waals surface area contributed by atoms with Crippen molar-refractivity contribution in [1.82, 2.24) is 0 Å². The summed E-state index contributed by atoms with van der Waals surface area (Å²) in [5, 5.41) is 11.8. The zero-order chi connectivity index (χ0) is 16.8. The van der Waals surface area contributed by atoms with Crippen LogP contribution in [0.3, 0.4) is 0 Å². The van der Waals surface area contributed by atoms with Crippen LogP contribution < -0.4 is 11.1 Å². The molecule has 0 heterocycles. The lowest BCUT2D eigenvalue weighted by molar-refractivity contribution is -0.115. The van der Waals surface area contributed by atoms with Crippen molar-refractivity contribution in [3.05, 3.63) is 53.1 Å². The third-order valence-corrected chi connectivity index (χ3v) is 4.30. The molecule has 0 spiro atoms. The largest absolute Gasteiger partial charge is 0.478 e. The molecular formula is C16H15ClN2O3S. The average Bonchev–Trinajstić information content (AvgIpc) is 2.51. The van der Waals surface area contributed by atoms with E-state index >= 15 is 0 Å². The van der Waals surface area contributed by atoms with E-state index in [-0.39, 0.29) is 16.5 Å². The molecule has 0 saturated heterocycles. The Labute approximate surface area is 142 Å². The van der Waals surface area contributed by atoms with Crippen LogP contribution in [-0.2, 0) is 4.79 Å². The van der Waals surface area contributed by atoms with Crippen LogP contribution >= 0.6 is 23.4 Å². The number of thioether (sulfide) groups is 1. The summed E-state index contributed by atoms with van der Waals surface area (Å²) in [7, 11) is 0. The predicted molar refractivity (Wildman–Crippen MR) is 93.2 cm³/mol. The number of carbonyl (C=O) groups is 2. The normalized spacial score (nSPS) is 10.3. The van der Waals surface area contributed by atoms with Gasteiger partial charge in [-0.05, 0) is 42.5 Å². The van der Waals surface area contributed by atoms with Gasteiger partial charge in [0.15, 0.2) is 0 Å². The Morgan fingerprint density at radius 1 is 1.17 bits per heavy atom. The Bertz CT molecular complexity index is 720. The standard InChI is InChI=1S/C16H15ClN2O3S/c17-14-6-3-11(9-13(14)16(21)22)19-15(20)7-8-23-12-4-1-10(18)2-5-12/h1-6,9H,7-8,18H2,(H,19,20)(H,21,22). The van der Waals surface area contributed by atoms with Crippen LogP contribution in [0.1, 0.15) is 16.8 Å². The molecule has 2 aromatic rings.